The van der Waals surface area contributed by atoms with E-state index in [1.807, 2.05) is 50.4 Å². The fourth-order valence-corrected chi connectivity index (χ4v) is 7.35. The van der Waals surface area contributed by atoms with Gasteiger partial charge in [0, 0.05) is 61.1 Å². The summed E-state index contributed by atoms with van der Waals surface area (Å²) in [6, 6.07) is 16.6. The highest BCUT2D eigenvalue weighted by molar-refractivity contribution is 6.39. The zero-order valence-electron chi connectivity index (χ0n) is 28.9. The van der Waals surface area contributed by atoms with Crippen LogP contribution in [0.3, 0.4) is 0 Å². The van der Waals surface area contributed by atoms with Crippen LogP contribution in [0, 0.1) is 0 Å². The fourth-order valence-electron chi connectivity index (χ4n) is 6.80. The summed E-state index contributed by atoms with van der Waals surface area (Å²) in [4.78, 5) is 37.1. The predicted octanol–water partition coefficient (Wildman–Crippen LogP) is 6.74. The number of hydrogen-bond acceptors (Lipinski definition) is 10. The molecule has 1 fully saturated rings. The van der Waals surface area contributed by atoms with Crippen molar-refractivity contribution >= 4 is 63.2 Å². The van der Waals surface area contributed by atoms with Gasteiger partial charge >= 0.3 is 5.97 Å². The van der Waals surface area contributed by atoms with Gasteiger partial charge in [0.25, 0.3) is 5.91 Å². The number of likely N-dealkylation sites (tertiary alicyclic amines) is 1. The molecule has 2 aromatic carbocycles. The summed E-state index contributed by atoms with van der Waals surface area (Å²) in [5.74, 6) is -0.175. The van der Waals surface area contributed by atoms with Crippen molar-refractivity contribution < 1.29 is 19.4 Å². The Balaban J connectivity index is 1.07. The van der Waals surface area contributed by atoms with Crippen molar-refractivity contribution in [3.05, 3.63) is 94.0 Å². The van der Waals surface area contributed by atoms with Crippen LogP contribution in [0.5, 0.6) is 0 Å². The number of carbonyl (C=O) groups excluding carboxylic acids is 2. The number of rotatable bonds is 11. The zero-order chi connectivity index (χ0) is 36.4. The molecule has 0 saturated carbocycles. The lowest BCUT2D eigenvalue weighted by atomic mass is 10.0. The van der Waals surface area contributed by atoms with E-state index in [0.29, 0.717) is 57.0 Å². The number of aryl methyl sites for hydroxylation is 1. The minimum absolute atomic E-state index is 0.0689. The molecule has 2 atom stereocenters. The topological polar surface area (TPSA) is 147 Å². The summed E-state index contributed by atoms with van der Waals surface area (Å²) < 4.78 is 7.05. The maximum Gasteiger partial charge on any atom is 0.320 e. The normalized spacial score (nSPS) is 17.3. The zero-order valence-corrected chi connectivity index (χ0v) is 30.4. The summed E-state index contributed by atoms with van der Waals surface area (Å²) in [5, 5.41) is 25.7. The average molecular weight is 744 g/mol. The molecule has 5 aromatic rings. The number of esters is 1. The monoisotopic (exact) mass is 742 g/mol. The van der Waals surface area contributed by atoms with E-state index in [4.69, 9.17) is 32.9 Å². The van der Waals surface area contributed by atoms with Gasteiger partial charge in [-0.3, -0.25) is 29.5 Å². The maximum atomic E-state index is 13.5. The van der Waals surface area contributed by atoms with Crippen LogP contribution < -0.4 is 16.0 Å². The number of fused-ring (bicyclic) bond motifs is 2. The Morgan fingerprint density at radius 1 is 1.00 bits per heavy atom. The second kappa shape index (κ2) is 15.6. The first-order chi connectivity index (χ1) is 25.1. The Hall–Kier alpha value is -4.59. The van der Waals surface area contributed by atoms with Gasteiger partial charge in [-0.15, -0.1) is 0 Å². The number of aromatic nitrogens is 4. The summed E-state index contributed by atoms with van der Waals surface area (Å²) in [7, 11) is 0. The molecule has 0 radical (unpaired) electrons. The summed E-state index contributed by atoms with van der Waals surface area (Å²) in [6.07, 6.45) is 5.57. The first kappa shape index (κ1) is 35.8. The van der Waals surface area contributed by atoms with Crippen molar-refractivity contribution in [2.24, 2.45) is 0 Å². The first-order valence-electron chi connectivity index (χ1n) is 17.4. The lowest BCUT2D eigenvalue weighted by Crippen LogP contribution is -2.33. The second-order valence-electron chi connectivity index (χ2n) is 13.5. The first-order valence-corrected chi connectivity index (χ1v) is 18.2. The molecular formula is C38H40Cl2N8O4. The number of carbonyl (C=O) groups is 2. The number of pyridine rings is 2. The quantitative estimate of drug-likeness (QED) is 0.107. The molecule has 1 amide bonds. The smallest absolute Gasteiger partial charge is 0.320 e. The standard InChI is InChI=1S/C38H40Cl2N8O4/c1-22(2)52-33(50)19-42-28-10-5-14-48-32(28)17-31(46-48)38(51)45-30-9-4-7-27(35(30)40)26-6-3-8-29(34(26)39)44-37-36-24(11-13-41-37)16-23(18-43-36)20-47-15-12-25(49)21-47/h3-4,6-9,11,13,16-18,22,25,28,42,49H,5,10,12,14-15,19-21H2,1-2H3,(H,41,44)(H,45,51)/t25-,28+/m1/s1. The van der Waals surface area contributed by atoms with E-state index in [1.165, 1.54) is 0 Å². The highest BCUT2D eigenvalue weighted by atomic mass is 35.5. The second-order valence-corrected chi connectivity index (χ2v) is 14.2. The van der Waals surface area contributed by atoms with Crippen molar-refractivity contribution in [3.63, 3.8) is 0 Å². The lowest BCUT2D eigenvalue weighted by Gasteiger charge is -2.24. The SMILES string of the molecule is CC(C)OC(=O)CN[C@H]1CCCn2nc(C(=O)Nc3cccc(-c4cccc(Nc5nccc6cc(CN7CC[C@@H](O)C7)cnc56)c4Cl)c3Cl)cc21. The lowest BCUT2D eigenvalue weighted by molar-refractivity contribution is -0.146. The molecule has 2 aliphatic rings. The van der Waals surface area contributed by atoms with E-state index in [0.717, 1.165) is 49.0 Å². The number of hydrogen-bond donors (Lipinski definition) is 4. The van der Waals surface area contributed by atoms with E-state index in [-0.39, 0.29) is 36.5 Å². The molecule has 0 bridgehead atoms. The molecule has 1 saturated heterocycles. The third-order valence-electron chi connectivity index (χ3n) is 9.22. The molecule has 12 nitrogen and oxygen atoms in total. The van der Waals surface area contributed by atoms with Crippen molar-refractivity contribution in [3.8, 4) is 11.1 Å². The van der Waals surface area contributed by atoms with Gasteiger partial charge in [-0.05, 0) is 69.0 Å². The van der Waals surface area contributed by atoms with Crippen LogP contribution in [0.1, 0.15) is 60.9 Å². The third-order valence-corrected chi connectivity index (χ3v) is 10.0. The van der Waals surface area contributed by atoms with Crippen molar-refractivity contribution in [1.29, 1.82) is 0 Å². The van der Waals surface area contributed by atoms with Gasteiger partial charge in [-0.2, -0.15) is 5.10 Å². The van der Waals surface area contributed by atoms with E-state index in [2.05, 4.69) is 37.0 Å². The number of nitrogens with one attached hydrogen (secondary N) is 3. The number of ether oxygens (including phenoxy) is 1. The van der Waals surface area contributed by atoms with E-state index in [9.17, 15) is 14.7 Å². The van der Waals surface area contributed by atoms with Crippen LogP contribution in [0.2, 0.25) is 10.0 Å². The van der Waals surface area contributed by atoms with Crippen molar-refractivity contribution in [2.75, 3.05) is 30.3 Å². The van der Waals surface area contributed by atoms with Crippen LogP contribution in [-0.4, -0.2) is 73.5 Å². The molecule has 270 valence electrons. The largest absolute Gasteiger partial charge is 0.462 e. The molecule has 14 heteroatoms. The Kier molecular flexibility index (Phi) is 10.7. The highest BCUT2D eigenvalue weighted by Gasteiger charge is 2.26. The van der Waals surface area contributed by atoms with Crippen LogP contribution in [-0.2, 0) is 22.6 Å². The van der Waals surface area contributed by atoms with Crippen LogP contribution >= 0.6 is 23.2 Å². The van der Waals surface area contributed by atoms with E-state index >= 15 is 0 Å². The van der Waals surface area contributed by atoms with Crippen LogP contribution in [0.4, 0.5) is 17.2 Å². The Morgan fingerprint density at radius 2 is 1.77 bits per heavy atom. The summed E-state index contributed by atoms with van der Waals surface area (Å²) in [5.41, 5.74) is 5.18. The van der Waals surface area contributed by atoms with E-state index in [1.54, 1.807) is 29.1 Å². The number of anilines is 3. The van der Waals surface area contributed by atoms with Gasteiger partial charge in [0.2, 0.25) is 0 Å². The predicted molar refractivity (Wildman–Crippen MR) is 202 cm³/mol. The molecule has 52 heavy (non-hydrogen) atoms. The Bertz CT molecular complexity index is 2120. The number of benzene rings is 2. The number of amides is 1. The van der Waals surface area contributed by atoms with Gasteiger partial charge < -0.3 is 20.5 Å². The molecule has 7 rings (SSSR count). The molecule has 4 N–H and O–H groups in total. The van der Waals surface area contributed by atoms with Crippen LogP contribution in [0.15, 0.2) is 67.0 Å². The summed E-state index contributed by atoms with van der Waals surface area (Å²) in [6.45, 7) is 6.62. The highest BCUT2D eigenvalue weighted by Crippen LogP contribution is 2.41. The van der Waals surface area contributed by atoms with Crippen molar-refractivity contribution in [1.82, 2.24) is 30.0 Å². The summed E-state index contributed by atoms with van der Waals surface area (Å²) >= 11 is 14.0. The molecule has 3 aromatic heterocycles. The number of β-amino-alcohol motifs (C(OH)–C–C–N with tert-alkyl or cyclic N) is 1. The van der Waals surface area contributed by atoms with Crippen LogP contribution in [0.25, 0.3) is 22.0 Å². The van der Waals surface area contributed by atoms with Crippen molar-refractivity contribution in [2.45, 2.75) is 64.4 Å². The molecule has 0 spiro atoms. The number of aliphatic hydroxyl groups is 1. The molecule has 0 unspecified atom stereocenters. The Morgan fingerprint density at radius 3 is 2.52 bits per heavy atom. The average Bonchev–Trinajstić information content (AvgIpc) is 3.75. The maximum absolute atomic E-state index is 13.5. The number of halogens is 2. The number of nitrogens with zero attached hydrogens (tertiary/aromatic N) is 5. The molecule has 5 heterocycles. The minimum atomic E-state index is -0.406. The molecular weight excluding hydrogens is 703 g/mol. The van der Waals surface area contributed by atoms with Gasteiger partial charge in [-0.1, -0.05) is 47.5 Å². The minimum Gasteiger partial charge on any atom is -0.462 e. The fraction of sp³-hybridized carbons (Fsp3) is 0.342. The van der Waals surface area contributed by atoms with Gasteiger partial charge in [0.05, 0.1) is 45.9 Å². The Labute approximate surface area is 311 Å². The van der Waals surface area contributed by atoms with E-state index < -0.39 is 5.91 Å². The molecule has 2 aliphatic heterocycles. The van der Waals surface area contributed by atoms with Gasteiger partial charge in [0.15, 0.2) is 11.5 Å². The third kappa shape index (κ3) is 7.91. The number of aliphatic hydroxyl groups excluding tert-OH is 1. The van der Waals surface area contributed by atoms with Gasteiger partial charge in [-0.25, -0.2) is 4.98 Å². The van der Waals surface area contributed by atoms with Gasteiger partial charge in [0.1, 0.15) is 5.52 Å². The molecule has 0 aliphatic carbocycles.